The predicted octanol–water partition coefficient (Wildman–Crippen LogP) is 5.25. The first kappa shape index (κ1) is 23.1. The van der Waals surface area contributed by atoms with Crippen LogP contribution < -0.4 is 0 Å². The lowest BCUT2D eigenvalue weighted by Gasteiger charge is -2.31. The number of aryl methyl sites for hydroxylation is 1. The minimum atomic E-state index is -0.678. The molecule has 3 aromatic rings. The summed E-state index contributed by atoms with van der Waals surface area (Å²) in [6, 6.07) is 13.5. The zero-order chi connectivity index (χ0) is 24.8. The van der Waals surface area contributed by atoms with Crippen LogP contribution in [0.4, 0.5) is 4.79 Å². The molecule has 7 nitrogen and oxygen atoms in total. The number of aliphatic carboxylic acids is 1. The molecule has 6 rings (SSSR count). The number of carboxylic acids is 1. The number of carboxylic acid groups (broad SMARTS) is 1. The molecule has 2 aliphatic carbocycles. The molecule has 1 fully saturated rings. The number of benzene rings is 2. The quantitative estimate of drug-likeness (QED) is 0.546. The van der Waals surface area contributed by atoms with Crippen molar-refractivity contribution >= 4 is 23.1 Å². The first-order chi connectivity index (χ1) is 17.5. The molecule has 0 saturated heterocycles. The topological polar surface area (TPSA) is 84.7 Å². The summed E-state index contributed by atoms with van der Waals surface area (Å²) in [6.07, 6.45) is 6.68. The summed E-state index contributed by atoms with van der Waals surface area (Å²) in [4.78, 5) is 31.0. The maximum atomic E-state index is 12.3. The number of carbonyl (C=O) groups is 2. The summed E-state index contributed by atoms with van der Waals surface area (Å²) < 4.78 is 7.49. The molecule has 1 aliphatic heterocycles. The number of methoxy groups -OCH3 is 1. The van der Waals surface area contributed by atoms with Crippen LogP contribution in [-0.2, 0) is 35.3 Å². The van der Waals surface area contributed by atoms with Gasteiger partial charge in [-0.1, -0.05) is 30.3 Å². The highest BCUT2D eigenvalue weighted by molar-refractivity contribution is 5.82. The standard InChI is InChI=1S/C29H33N3O4/c1-36-29(35)31-15-14-19-11-13-25-26(24(19)17-31)30-27(20-6-8-21(9-7-20)28(33)34)32(25)23-12-10-18-4-2-3-5-22(18)16-23/h2-5,11,13,20-21,23H,6-10,12,14-17H2,1H3,(H,33,34)/t20-,21-,23-/m0/s1. The number of hydrogen-bond donors (Lipinski definition) is 1. The zero-order valence-electron chi connectivity index (χ0n) is 20.8. The van der Waals surface area contributed by atoms with Crippen molar-refractivity contribution in [1.82, 2.24) is 14.5 Å². The largest absolute Gasteiger partial charge is 0.481 e. The van der Waals surface area contributed by atoms with Crippen LogP contribution >= 0.6 is 0 Å². The molecule has 2 aromatic carbocycles. The SMILES string of the molecule is COC(=O)N1CCc2ccc3c(nc([C@H]4CC[C@H](C(=O)O)CC4)n3[C@H]3CCc4ccccc4C3)c2C1. The van der Waals surface area contributed by atoms with Gasteiger partial charge < -0.3 is 19.3 Å². The maximum absolute atomic E-state index is 12.3. The van der Waals surface area contributed by atoms with Crippen LogP contribution in [0.3, 0.4) is 0 Å². The molecule has 0 unspecified atom stereocenters. The Bertz CT molecular complexity index is 1320. The van der Waals surface area contributed by atoms with E-state index in [-0.39, 0.29) is 17.9 Å². The lowest BCUT2D eigenvalue weighted by molar-refractivity contribution is -0.142. The minimum absolute atomic E-state index is 0.248. The van der Waals surface area contributed by atoms with Gasteiger partial charge in [-0.15, -0.1) is 0 Å². The van der Waals surface area contributed by atoms with E-state index in [4.69, 9.17) is 9.72 Å². The zero-order valence-corrected chi connectivity index (χ0v) is 20.8. The lowest BCUT2D eigenvalue weighted by atomic mass is 9.81. The van der Waals surface area contributed by atoms with Gasteiger partial charge in [-0.3, -0.25) is 4.79 Å². The van der Waals surface area contributed by atoms with Gasteiger partial charge in [0.15, 0.2) is 0 Å². The number of carbonyl (C=O) groups excluding carboxylic acids is 1. The van der Waals surface area contributed by atoms with E-state index < -0.39 is 5.97 Å². The maximum Gasteiger partial charge on any atom is 0.409 e. The van der Waals surface area contributed by atoms with Crippen molar-refractivity contribution in [2.75, 3.05) is 13.7 Å². The highest BCUT2D eigenvalue weighted by atomic mass is 16.5. The number of ether oxygens (including phenoxy) is 1. The summed E-state index contributed by atoms with van der Waals surface area (Å²) in [7, 11) is 1.43. The number of rotatable bonds is 3. The van der Waals surface area contributed by atoms with Gasteiger partial charge in [-0.2, -0.15) is 0 Å². The Morgan fingerprint density at radius 3 is 2.50 bits per heavy atom. The Kier molecular flexibility index (Phi) is 5.94. The van der Waals surface area contributed by atoms with E-state index in [0.717, 1.165) is 60.9 Å². The third-order valence-corrected chi connectivity index (χ3v) is 8.65. The van der Waals surface area contributed by atoms with Gasteiger partial charge in [0, 0.05) is 24.1 Å². The van der Waals surface area contributed by atoms with Crippen LogP contribution in [0.1, 0.15) is 72.1 Å². The van der Waals surface area contributed by atoms with Crippen molar-refractivity contribution in [3.8, 4) is 0 Å². The molecular formula is C29H33N3O4. The van der Waals surface area contributed by atoms with Gasteiger partial charge in [0.25, 0.3) is 0 Å². The number of nitrogens with zero attached hydrogens (tertiary/aromatic N) is 3. The number of hydrogen-bond acceptors (Lipinski definition) is 4. The molecule has 36 heavy (non-hydrogen) atoms. The monoisotopic (exact) mass is 487 g/mol. The van der Waals surface area contributed by atoms with E-state index in [1.54, 1.807) is 4.90 Å². The highest BCUT2D eigenvalue weighted by Gasteiger charge is 2.34. The Balaban J connectivity index is 1.43. The van der Waals surface area contributed by atoms with Gasteiger partial charge in [0.2, 0.25) is 0 Å². The van der Waals surface area contributed by atoms with Gasteiger partial charge in [0.1, 0.15) is 5.82 Å². The first-order valence-electron chi connectivity index (χ1n) is 13.2. The van der Waals surface area contributed by atoms with Gasteiger partial charge in [-0.05, 0) is 74.1 Å². The van der Waals surface area contributed by atoms with Crippen LogP contribution in [0.5, 0.6) is 0 Å². The molecule has 1 aromatic heterocycles. The molecule has 1 N–H and O–H groups in total. The van der Waals surface area contributed by atoms with Crippen LogP contribution in [0, 0.1) is 5.92 Å². The molecule has 1 saturated carbocycles. The minimum Gasteiger partial charge on any atom is -0.481 e. The average molecular weight is 488 g/mol. The van der Waals surface area contributed by atoms with Crippen LogP contribution in [0.25, 0.3) is 11.0 Å². The molecule has 2 heterocycles. The van der Waals surface area contributed by atoms with Crippen LogP contribution in [-0.4, -0.2) is 45.3 Å². The summed E-state index contributed by atoms with van der Waals surface area (Å²) in [6.45, 7) is 1.16. The van der Waals surface area contributed by atoms with Gasteiger partial charge >= 0.3 is 12.1 Å². The Labute approximate surface area is 211 Å². The van der Waals surface area contributed by atoms with Crippen molar-refractivity contribution in [1.29, 1.82) is 0 Å². The van der Waals surface area contributed by atoms with E-state index >= 15 is 0 Å². The summed E-state index contributed by atoms with van der Waals surface area (Å²) in [5.74, 6) is 0.424. The molecule has 0 bridgehead atoms. The van der Waals surface area contributed by atoms with Crippen LogP contribution in [0.2, 0.25) is 0 Å². The molecule has 0 radical (unpaired) electrons. The second-order valence-electron chi connectivity index (χ2n) is 10.6. The molecule has 1 atom stereocenters. The fraction of sp³-hybridized carbons (Fsp3) is 0.483. The fourth-order valence-electron chi connectivity index (χ4n) is 6.67. The van der Waals surface area contributed by atoms with Crippen molar-refractivity contribution < 1.29 is 19.4 Å². The van der Waals surface area contributed by atoms with E-state index in [0.29, 0.717) is 32.0 Å². The Morgan fingerprint density at radius 1 is 0.972 bits per heavy atom. The van der Waals surface area contributed by atoms with E-state index in [1.165, 1.54) is 23.8 Å². The Morgan fingerprint density at radius 2 is 1.75 bits per heavy atom. The number of imidazole rings is 1. The van der Waals surface area contributed by atoms with Crippen LogP contribution in [0.15, 0.2) is 36.4 Å². The highest BCUT2D eigenvalue weighted by Crippen LogP contribution is 2.41. The molecule has 3 aliphatic rings. The molecule has 1 amide bonds. The summed E-state index contributed by atoms with van der Waals surface area (Å²) >= 11 is 0. The number of amides is 1. The first-order valence-corrected chi connectivity index (χ1v) is 13.2. The number of fused-ring (bicyclic) bond motifs is 4. The molecule has 188 valence electrons. The second-order valence-corrected chi connectivity index (χ2v) is 10.6. The molecule has 0 spiro atoms. The average Bonchev–Trinajstić information content (AvgIpc) is 3.32. The molecular weight excluding hydrogens is 454 g/mol. The summed E-state index contributed by atoms with van der Waals surface area (Å²) in [5.41, 5.74) is 7.36. The van der Waals surface area contributed by atoms with Crippen molar-refractivity contribution in [3.63, 3.8) is 0 Å². The Hall–Kier alpha value is -3.35. The molecule has 7 heteroatoms. The predicted molar refractivity (Wildman–Crippen MR) is 136 cm³/mol. The van der Waals surface area contributed by atoms with Gasteiger partial charge in [-0.25, -0.2) is 9.78 Å². The number of aromatic nitrogens is 2. The fourth-order valence-corrected chi connectivity index (χ4v) is 6.67. The summed E-state index contributed by atoms with van der Waals surface area (Å²) in [5, 5.41) is 9.52. The van der Waals surface area contributed by atoms with Gasteiger partial charge in [0.05, 0.1) is 30.6 Å². The van der Waals surface area contributed by atoms with Crippen molar-refractivity contribution in [2.24, 2.45) is 5.92 Å². The second kappa shape index (κ2) is 9.26. The lowest BCUT2D eigenvalue weighted by Crippen LogP contribution is -2.35. The normalized spacial score (nSPS) is 23.7. The van der Waals surface area contributed by atoms with Crippen molar-refractivity contribution in [3.05, 3.63) is 64.5 Å². The van der Waals surface area contributed by atoms with E-state index in [1.807, 2.05) is 0 Å². The van der Waals surface area contributed by atoms with Crippen molar-refractivity contribution in [2.45, 2.75) is 69.9 Å². The smallest absolute Gasteiger partial charge is 0.409 e. The van der Waals surface area contributed by atoms with E-state index in [9.17, 15) is 14.7 Å². The third-order valence-electron chi connectivity index (χ3n) is 8.65. The third kappa shape index (κ3) is 3.94. The van der Waals surface area contributed by atoms with E-state index in [2.05, 4.69) is 41.0 Å².